The van der Waals surface area contributed by atoms with E-state index in [0.717, 1.165) is 19.6 Å². The number of carboxylic acid groups (broad SMARTS) is 1. The van der Waals surface area contributed by atoms with E-state index in [2.05, 4.69) is 10.00 Å². The second-order valence-corrected chi connectivity index (χ2v) is 4.10. The first kappa shape index (κ1) is 10.2. The normalized spacial score (nSPS) is 17.7. The molecular formula is C10H15N3O2. The van der Waals surface area contributed by atoms with Gasteiger partial charge in [0, 0.05) is 32.9 Å². The van der Waals surface area contributed by atoms with Crippen LogP contribution in [0.5, 0.6) is 0 Å². The van der Waals surface area contributed by atoms with E-state index >= 15 is 0 Å². The average Bonchev–Trinajstić information content (AvgIpc) is 2.47. The van der Waals surface area contributed by atoms with Crippen molar-refractivity contribution in [1.29, 1.82) is 0 Å². The van der Waals surface area contributed by atoms with Gasteiger partial charge in [-0.1, -0.05) is 0 Å². The molecule has 0 aliphatic carbocycles. The van der Waals surface area contributed by atoms with Crippen LogP contribution >= 0.6 is 0 Å². The molecule has 1 aliphatic rings. The van der Waals surface area contributed by atoms with Crippen molar-refractivity contribution in [3.8, 4) is 0 Å². The number of aromatic nitrogens is 2. The zero-order valence-corrected chi connectivity index (χ0v) is 8.76. The van der Waals surface area contributed by atoms with Gasteiger partial charge in [-0.3, -0.25) is 14.4 Å². The third-order valence-electron chi connectivity index (χ3n) is 2.80. The maximum atomic E-state index is 10.4. The molecule has 0 aromatic carbocycles. The van der Waals surface area contributed by atoms with E-state index in [4.69, 9.17) is 5.11 Å². The molecule has 2 rings (SSSR count). The van der Waals surface area contributed by atoms with Gasteiger partial charge in [0.05, 0.1) is 12.1 Å². The number of carbonyl (C=O) groups is 1. The van der Waals surface area contributed by atoms with Crippen LogP contribution in [-0.4, -0.2) is 38.8 Å². The number of aryl methyl sites for hydroxylation is 1. The first-order valence-electron chi connectivity index (χ1n) is 5.06. The largest absolute Gasteiger partial charge is 0.481 e. The molecule has 1 saturated heterocycles. The summed E-state index contributed by atoms with van der Waals surface area (Å²) in [4.78, 5) is 12.7. The maximum absolute atomic E-state index is 10.4. The van der Waals surface area contributed by atoms with Crippen LogP contribution in [0.25, 0.3) is 0 Å². The topological polar surface area (TPSA) is 58.4 Å². The van der Waals surface area contributed by atoms with E-state index in [1.165, 1.54) is 5.69 Å². The Balaban J connectivity index is 1.77. The summed E-state index contributed by atoms with van der Waals surface area (Å²) < 4.78 is 1.85. The fraction of sp³-hybridized carbons (Fsp3) is 0.600. The van der Waals surface area contributed by atoms with E-state index in [-0.39, 0.29) is 0 Å². The molecule has 0 unspecified atom stereocenters. The standard InChI is InChI=1S/C10H15N3O2/c1-12-9(2-3-11-12)7-13-5-8(6-13)4-10(14)15/h2-3,8H,4-7H2,1H3,(H,14,15). The predicted octanol–water partition coefficient (Wildman–Crippen LogP) is 0.327. The summed E-state index contributed by atoms with van der Waals surface area (Å²) in [5.74, 6) is -0.365. The van der Waals surface area contributed by atoms with Crippen molar-refractivity contribution in [3.05, 3.63) is 18.0 Å². The van der Waals surface area contributed by atoms with Gasteiger partial charge in [-0.25, -0.2) is 0 Å². The lowest BCUT2D eigenvalue weighted by atomic mass is 9.96. The van der Waals surface area contributed by atoms with Gasteiger partial charge in [0.1, 0.15) is 0 Å². The van der Waals surface area contributed by atoms with Crippen molar-refractivity contribution in [1.82, 2.24) is 14.7 Å². The molecule has 0 bridgehead atoms. The zero-order valence-electron chi connectivity index (χ0n) is 8.76. The quantitative estimate of drug-likeness (QED) is 0.776. The molecule has 1 fully saturated rings. The Morgan fingerprint density at radius 2 is 2.40 bits per heavy atom. The van der Waals surface area contributed by atoms with Gasteiger partial charge in [0.2, 0.25) is 0 Å². The van der Waals surface area contributed by atoms with E-state index in [1.54, 1.807) is 6.20 Å². The smallest absolute Gasteiger partial charge is 0.303 e. The van der Waals surface area contributed by atoms with Gasteiger partial charge in [-0.15, -0.1) is 0 Å². The third-order valence-corrected chi connectivity index (χ3v) is 2.80. The predicted molar refractivity (Wildman–Crippen MR) is 54.2 cm³/mol. The molecule has 0 atom stereocenters. The van der Waals surface area contributed by atoms with Crippen molar-refractivity contribution >= 4 is 5.97 Å². The van der Waals surface area contributed by atoms with Gasteiger partial charge in [0.15, 0.2) is 0 Å². The summed E-state index contributed by atoms with van der Waals surface area (Å²) in [6.07, 6.45) is 2.08. The van der Waals surface area contributed by atoms with Crippen LogP contribution in [0.1, 0.15) is 12.1 Å². The van der Waals surface area contributed by atoms with Crippen molar-refractivity contribution in [2.45, 2.75) is 13.0 Å². The van der Waals surface area contributed by atoms with E-state index in [9.17, 15) is 4.79 Å². The van der Waals surface area contributed by atoms with Crippen LogP contribution in [0, 0.1) is 5.92 Å². The molecule has 1 aromatic rings. The van der Waals surface area contributed by atoms with Gasteiger partial charge in [0.25, 0.3) is 0 Å². The number of carboxylic acids is 1. The number of aliphatic carboxylic acids is 1. The number of nitrogens with zero attached hydrogens (tertiary/aromatic N) is 3. The highest BCUT2D eigenvalue weighted by atomic mass is 16.4. The molecule has 5 heteroatoms. The molecule has 5 nitrogen and oxygen atoms in total. The highest BCUT2D eigenvalue weighted by molar-refractivity contribution is 5.67. The molecule has 0 amide bonds. The first-order valence-corrected chi connectivity index (χ1v) is 5.06. The van der Waals surface area contributed by atoms with Crippen molar-refractivity contribution in [2.75, 3.05) is 13.1 Å². The SMILES string of the molecule is Cn1nccc1CN1CC(CC(=O)O)C1. The number of likely N-dealkylation sites (tertiary alicyclic amines) is 1. The van der Waals surface area contributed by atoms with Gasteiger partial charge in [-0.2, -0.15) is 5.10 Å². The summed E-state index contributed by atoms with van der Waals surface area (Å²) >= 11 is 0. The van der Waals surface area contributed by atoms with Crippen molar-refractivity contribution in [2.24, 2.45) is 13.0 Å². The Labute approximate surface area is 88.3 Å². The van der Waals surface area contributed by atoms with Crippen LogP contribution in [0.4, 0.5) is 0 Å². The highest BCUT2D eigenvalue weighted by Gasteiger charge is 2.28. The first-order chi connectivity index (χ1) is 7.15. The molecular weight excluding hydrogens is 194 g/mol. The van der Waals surface area contributed by atoms with Crippen LogP contribution in [0.15, 0.2) is 12.3 Å². The summed E-state index contributed by atoms with van der Waals surface area (Å²) in [6, 6.07) is 1.99. The summed E-state index contributed by atoms with van der Waals surface area (Å²) in [5.41, 5.74) is 1.17. The van der Waals surface area contributed by atoms with Gasteiger partial charge in [-0.05, 0) is 12.0 Å². The molecule has 1 N–H and O–H groups in total. The second-order valence-electron chi connectivity index (χ2n) is 4.10. The monoisotopic (exact) mass is 209 g/mol. The lowest BCUT2D eigenvalue weighted by Crippen LogP contribution is -2.46. The Morgan fingerprint density at radius 1 is 1.67 bits per heavy atom. The fourth-order valence-corrected chi connectivity index (χ4v) is 1.97. The van der Waals surface area contributed by atoms with E-state index < -0.39 is 5.97 Å². The minimum atomic E-state index is -0.694. The summed E-state index contributed by atoms with van der Waals surface area (Å²) in [7, 11) is 1.92. The van der Waals surface area contributed by atoms with E-state index in [1.807, 2.05) is 17.8 Å². The zero-order chi connectivity index (χ0) is 10.8. The molecule has 82 valence electrons. The molecule has 2 heterocycles. The van der Waals surface area contributed by atoms with Crippen molar-refractivity contribution in [3.63, 3.8) is 0 Å². The average molecular weight is 209 g/mol. The number of hydrogen-bond acceptors (Lipinski definition) is 3. The van der Waals surface area contributed by atoms with Crippen molar-refractivity contribution < 1.29 is 9.90 Å². The highest BCUT2D eigenvalue weighted by Crippen LogP contribution is 2.20. The Kier molecular flexibility index (Phi) is 2.73. The number of rotatable bonds is 4. The minimum Gasteiger partial charge on any atom is -0.481 e. The van der Waals surface area contributed by atoms with Crippen LogP contribution in [0.3, 0.4) is 0 Å². The molecule has 1 aromatic heterocycles. The summed E-state index contributed by atoms with van der Waals surface area (Å²) in [5, 5.41) is 12.7. The molecule has 1 aliphatic heterocycles. The van der Waals surface area contributed by atoms with E-state index in [0.29, 0.717) is 12.3 Å². The van der Waals surface area contributed by atoms with Gasteiger partial charge >= 0.3 is 5.97 Å². The third kappa shape index (κ3) is 2.36. The second kappa shape index (κ2) is 4.02. The maximum Gasteiger partial charge on any atom is 0.303 e. The lowest BCUT2D eigenvalue weighted by Gasteiger charge is -2.38. The minimum absolute atomic E-state index is 0.294. The molecule has 0 radical (unpaired) electrons. The van der Waals surface area contributed by atoms with Crippen LogP contribution in [0.2, 0.25) is 0 Å². The fourth-order valence-electron chi connectivity index (χ4n) is 1.97. The Bertz CT molecular complexity index is 355. The molecule has 15 heavy (non-hydrogen) atoms. The lowest BCUT2D eigenvalue weighted by molar-refractivity contribution is -0.139. The van der Waals surface area contributed by atoms with Crippen LogP contribution < -0.4 is 0 Å². The number of hydrogen-bond donors (Lipinski definition) is 1. The Morgan fingerprint density at radius 3 is 2.93 bits per heavy atom. The molecule has 0 saturated carbocycles. The van der Waals surface area contributed by atoms with Crippen LogP contribution in [-0.2, 0) is 18.4 Å². The summed E-state index contributed by atoms with van der Waals surface area (Å²) in [6.45, 7) is 2.64. The molecule has 0 spiro atoms. The Hall–Kier alpha value is -1.36. The van der Waals surface area contributed by atoms with Gasteiger partial charge < -0.3 is 5.11 Å².